The Morgan fingerprint density at radius 3 is 2.41 bits per heavy atom. The van der Waals surface area contributed by atoms with Gasteiger partial charge in [-0.3, -0.25) is 9.59 Å². The van der Waals surface area contributed by atoms with Gasteiger partial charge >= 0.3 is 6.09 Å². The monoisotopic (exact) mass is 445 g/mol. The number of carbonyl (C=O) groups excluding carboxylic acids is 3. The molecule has 2 N–H and O–H groups in total. The number of ether oxygens (including phenoxy) is 1. The first kappa shape index (κ1) is 25.7. The second-order valence-electron chi connectivity index (χ2n) is 9.84. The van der Waals surface area contributed by atoms with Gasteiger partial charge in [0.1, 0.15) is 18.2 Å². The molecule has 2 rings (SSSR count). The maximum Gasteiger partial charge on any atom is 0.408 e. The average Bonchev–Trinajstić information content (AvgIpc) is 3.40. The molecule has 1 fully saturated rings. The number of aryl methyl sites for hydroxylation is 2. The topological polar surface area (TPSA) is 87.7 Å². The number of carbonyl (C=O) groups is 3. The van der Waals surface area contributed by atoms with E-state index in [1.807, 2.05) is 32.0 Å². The molecule has 0 spiro atoms. The van der Waals surface area contributed by atoms with Crippen LogP contribution in [0.25, 0.3) is 0 Å². The number of nitrogens with one attached hydrogen (secondary N) is 2. The van der Waals surface area contributed by atoms with Gasteiger partial charge in [-0.2, -0.15) is 0 Å². The van der Waals surface area contributed by atoms with Crippen LogP contribution in [0.5, 0.6) is 0 Å². The Balaban J connectivity index is 2.32. The minimum atomic E-state index is -0.741. The van der Waals surface area contributed by atoms with E-state index in [9.17, 15) is 14.4 Å². The molecule has 3 atom stereocenters. The van der Waals surface area contributed by atoms with Gasteiger partial charge in [0.05, 0.1) is 0 Å². The SMILES string of the molecule is CCCCNC(=O)C(c1cc(C)ccc1C)N(C(=O)CNC(=O)OC(C)(C)C)C1CC1C. The second-order valence-corrected chi connectivity index (χ2v) is 9.84. The van der Waals surface area contributed by atoms with Crippen molar-refractivity contribution >= 4 is 17.9 Å². The van der Waals surface area contributed by atoms with E-state index in [4.69, 9.17) is 4.74 Å². The molecule has 1 aromatic carbocycles. The summed E-state index contributed by atoms with van der Waals surface area (Å²) >= 11 is 0. The number of rotatable bonds is 9. The highest BCUT2D eigenvalue weighted by Gasteiger charge is 2.46. The fourth-order valence-corrected chi connectivity index (χ4v) is 3.72. The molecule has 1 saturated carbocycles. The van der Waals surface area contributed by atoms with Gasteiger partial charge in [0.2, 0.25) is 11.8 Å². The first-order valence-electron chi connectivity index (χ1n) is 11.6. The minimum Gasteiger partial charge on any atom is -0.444 e. The van der Waals surface area contributed by atoms with Crippen molar-refractivity contribution < 1.29 is 19.1 Å². The molecule has 0 heterocycles. The van der Waals surface area contributed by atoms with Crippen molar-refractivity contribution in [2.24, 2.45) is 5.92 Å². The summed E-state index contributed by atoms with van der Waals surface area (Å²) in [5.74, 6) is -0.171. The predicted octanol–water partition coefficient (Wildman–Crippen LogP) is 4.02. The quantitative estimate of drug-likeness (QED) is 0.562. The van der Waals surface area contributed by atoms with Crippen LogP contribution in [0.1, 0.15) is 76.6 Å². The van der Waals surface area contributed by atoms with Gasteiger partial charge in [-0.15, -0.1) is 0 Å². The first-order chi connectivity index (χ1) is 14.9. The van der Waals surface area contributed by atoms with E-state index >= 15 is 0 Å². The highest BCUT2D eigenvalue weighted by atomic mass is 16.6. The van der Waals surface area contributed by atoms with Crippen LogP contribution in [0.2, 0.25) is 0 Å². The number of hydrogen-bond acceptors (Lipinski definition) is 4. The molecule has 0 radical (unpaired) electrons. The Kier molecular flexibility index (Phi) is 8.70. The van der Waals surface area contributed by atoms with Gasteiger partial charge in [0.25, 0.3) is 0 Å². The third-order valence-electron chi connectivity index (χ3n) is 5.58. The standard InChI is InChI=1S/C25H39N3O4/c1-8-9-12-26-23(30)22(19-13-16(2)10-11-17(19)3)28(20-14-18(20)4)21(29)15-27-24(31)32-25(5,6)7/h10-11,13,18,20,22H,8-9,12,14-15H2,1-7H3,(H,26,30)(H,27,31). The van der Waals surface area contributed by atoms with E-state index in [0.29, 0.717) is 12.5 Å². The van der Waals surface area contributed by atoms with E-state index in [2.05, 4.69) is 24.5 Å². The van der Waals surface area contributed by atoms with Crippen molar-refractivity contribution in [3.8, 4) is 0 Å². The summed E-state index contributed by atoms with van der Waals surface area (Å²) in [6.45, 7) is 13.7. The van der Waals surface area contributed by atoms with Crippen LogP contribution in [0, 0.1) is 19.8 Å². The molecular weight excluding hydrogens is 406 g/mol. The van der Waals surface area contributed by atoms with Crippen LogP contribution in [0.3, 0.4) is 0 Å². The Labute approximate surface area is 192 Å². The fraction of sp³-hybridized carbons (Fsp3) is 0.640. The number of alkyl carbamates (subject to hydrolysis) is 1. The number of nitrogens with zero attached hydrogens (tertiary/aromatic N) is 1. The van der Waals surface area contributed by atoms with Crippen LogP contribution < -0.4 is 10.6 Å². The fourth-order valence-electron chi connectivity index (χ4n) is 3.72. The lowest BCUT2D eigenvalue weighted by Gasteiger charge is -2.33. The third-order valence-corrected chi connectivity index (χ3v) is 5.58. The summed E-state index contributed by atoms with van der Waals surface area (Å²) in [7, 11) is 0. The largest absolute Gasteiger partial charge is 0.444 e. The van der Waals surface area contributed by atoms with Crippen molar-refractivity contribution in [1.29, 1.82) is 0 Å². The van der Waals surface area contributed by atoms with Crippen LogP contribution >= 0.6 is 0 Å². The molecule has 32 heavy (non-hydrogen) atoms. The van der Waals surface area contributed by atoms with E-state index in [1.165, 1.54) is 0 Å². The Hall–Kier alpha value is -2.57. The zero-order valence-electron chi connectivity index (χ0n) is 20.6. The lowest BCUT2D eigenvalue weighted by atomic mass is 9.96. The molecule has 178 valence electrons. The van der Waals surface area contributed by atoms with Crippen molar-refractivity contribution in [2.45, 2.75) is 85.4 Å². The molecule has 3 unspecified atom stereocenters. The Bertz CT molecular complexity index is 831. The van der Waals surface area contributed by atoms with Crippen molar-refractivity contribution in [2.75, 3.05) is 13.1 Å². The van der Waals surface area contributed by atoms with Crippen LogP contribution in [-0.2, 0) is 14.3 Å². The zero-order valence-corrected chi connectivity index (χ0v) is 20.6. The van der Waals surface area contributed by atoms with Gasteiger partial charge in [-0.05, 0) is 64.5 Å². The number of amides is 3. The zero-order chi connectivity index (χ0) is 24.1. The van der Waals surface area contributed by atoms with Crippen LogP contribution in [0.4, 0.5) is 4.79 Å². The predicted molar refractivity (Wildman–Crippen MR) is 125 cm³/mol. The van der Waals surface area contributed by atoms with E-state index in [-0.39, 0.29) is 24.4 Å². The summed E-state index contributed by atoms with van der Waals surface area (Å²) in [6.07, 6.45) is 2.03. The summed E-state index contributed by atoms with van der Waals surface area (Å²) < 4.78 is 5.26. The summed E-state index contributed by atoms with van der Waals surface area (Å²) in [4.78, 5) is 40.5. The van der Waals surface area contributed by atoms with Crippen molar-refractivity contribution in [3.63, 3.8) is 0 Å². The molecule has 7 heteroatoms. The number of unbranched alkanes of at least 4 members (excludes halogenated alkanes) is 1. The van der Waals surface area contributed by atoms with Crippen LogP contribution in [0.15, 0.2) is 18.2 Å². The molecule has 3 amide bonds. The highest BCUT2D eigenvalue weighted by molar-refractivity contribution is 5.91. The Morgan fingerprint density at radius 2 is 1.84 bits per heavy atom. The van der Waals surface area contributed by atoms with Crippen molar-refractivity contribution in [3.05, 3.63) is 34.9 Å². The number of hydrogen-bond donors (Lipinski definition) is 2. The molecule has 1 aliphatic carbocycles. The molecule has 0 aromatic heterocycles. The van der Waals surface area contributed by atoms with Gasteiger partial charge in [-0.25, -0.2) is 4.79 Å². The maximum absolute atomic E-state index is 13.4. The second kappa shape index (κ2) is 10.8. The summed E-state index contributed by atoms with van der Waals surface area (Å²) in [5.41, 5.74) is 2.15. The molecule has 7 nitrogen and oxygen atoms in total. The van der Waals surface area contributed by atoms with Gasteiger partial charge < -0.3 is 20.3 Å². The normalized spacial score (nSPS) is 18.5. The summed E-state index contributed by atoms with van der Waals surface area (Å²) in [5, 5.41) is 5.57. The molecule has 1 aromatic rings. The lowest BCUT2D eigenvalue weighted by molar-refractivity contribution is -0.141. The van der Waals surface area contributed by atoms with Crippen molar-refractivity contribution in [1.82, 2.24) is 15.5 Å². The molecule has 0 bridgehead atoms. The highest BCUT2D eigenvalue weighted by Crippen LogP contribution is 2.41. The molecular formula is C25H39N3O4. The molecule has 0 saturated heterocycles. The van der Waals surface area contributed by atoms with Gasteiger partial charge in [0, 0.05) is 12.6 Å². The van der Waals surface area contributed by atoms with E-state index in [0.717, 1.165) is 36.0 Å². The van der Waals surface area contributed by atoms with Crippen LogP contribution in [-0.4, -0.2) is 47.5 Å². The van der Waals surface area contributed by atoms with E-state index < -0.39 is 17.7 Å². The summed E-state index contributed by atoms with van der Waals surface area (Å²) in [6, 6.07) is 5.18. The minimum absolute atomic E-state index is 0.0372. The lowest BCUT2D eigenvalue weighted by Crippen LogP contribution is -2.49. The van der Waals surface area contributed by atoms with Gasteiger partial charge in [0.15, 0.2) is 0 Å². The maximum atomic E-state index is 13.4. The first-order valence-corrected chi connectivity index (χ1v) is 11.6. The average molecular weight is 446 g/mol. The number of benzene rings is 1. The van der Waals surface area contributed by atoms with E-state index in [1.54, 1.807) is 25.7 Å². The Morgan fingerprint density at radius 1 is 1.19 bits per heavy atom. The molecule has 1 aliphatic rings. The molecule has 0 aliphatic heterocycles. The smallest absolute Gasteiger partial charge is 0.408 e. The van der Waals surface area contributed by atoms with Gasteiger partial charge in [-0.1, -0.05) is 44.0 Å². The third kappa shape index (κ3) is 7.24.